The molecule has 0 fully saturated rings. The minimum atomic E-state index is 0. The van der Waals surface area contributed by atoms with Crippen molar-refractivity contribution in [1.29, 1.82) is 0 Å². The van der Waals surface area contributed by atoms with Crippen LogP contribution in [0.15, 0.2) is 0 Å². The Labute approximate surface area is 62.9 Å². The SMILES string of the molecule is CCN(CC)CC.[Cu+2]. The molecule has 0 bridgehead atoms. The first-order valence-corrected chi connectivity index (χ1v) is 3.07. The van der Waals surface area contributed by atoms with E-state index in [1.807, 2.05) is 0 Å². The van der Waals surface area contributed by atoms with Gasteiger partial charge >= 0.3 is 17.1 Å². The van der Waals surface area contributed by atoms with Gasteiger partial charge in [-0.2, -0.15) is 0 Å². The quantitative estimate of drug-likeness (QED) is 0.570. The van der Waals surface area contributed by atoms with Crippen molar-refractivity contribution in [2.45, 2.75) is 20.8 Å². The Balaban J connectivity index is 0. The van der Waals surface area contributed by atoms with Gasteiger partial charge in [-0.25, -0.2) is 0 Å². The summed E-state index contributed by atoms with van der Waals surface area (Å²) in [5, 5.41) is 0. The fourth-order valence-electron chi connectivity index (χ4n) is 0.671. The zero-order valence-corrected chi connectivity index (χ0v) is 6.81. The third-order valence-corrected chi connectivity index (χ3v) is 1.34. The van der Waals surface area contributed by atoms with Gasteiger partial charge in [-0.05, 0) is 19.6 Å². The predicted octanol–water partition coefficient (Wildman–Crippen LogP) is 1.35. The van der Waals surface area contributed by atoms with E-state index in [0.29, 0.717) is 0 Å². The van der Waals surface area contributed by atoms with E-state index in [4.69, 9.17) is 0 Å². The summed E-state index contributed by atoms with van der Waals surface area (Å²) >= 11 is 0. The van der Waals surface area contributed by atoms with Crippen molar-refractivity contribution in [2.24, 2.45) is 0 Å². The smallest absolute Gasteiger partial charge is 0.304 e. The Bertz CT molecular complexity index is 30.0. The molecular formula is C6H15CuN+2. The average Bonchev–Trinajstić information content (AvgIpc) is 1.72. The third kappa shape index (κ3) is 4.63. The molecule has 1 radical (unpaired) electrons. The second-order valence-electron chi connectivity index (χ2n) is 1.62. The maximum absolute atomic E-state index is 2.38. The molecule has 0 aromatic heterocycles. The Morgan fingerprint density at radius 1 is 0.875 bits per heavy atom. The molecule has 0 heterocycles. The average molecular weight is 165 g/mol. The van der Waals surface area contributed by atoms with Crippen LogP contribution in [0.2, 0.25) is 0 Å². The van der Waals surface area contributed by atoms with Gasteiger partial charge in [0.15, 0.2) is 0 Å². The summed E-state index contributed by atoms with van der Waals surface area (Å²) in [4.78, 5) is 2.38. The summed E-state index contributed by atoms with van der Waals surface area (Å²) in [6, 6.07) is 0. The molecule has 0 amide bonds. The van der Waals surface area contributed by atoms with Gasteiger partial charge in [0.05, 0.1) is 0 Å². The minimum Gasteiger partial charge on any atom is -0.304 e. The third-order valence-electron chi connectivity index (χ3n) is 1.34. The van der Waals surface area contributed by atoms with E-state index >= 15 is 0 Å². The molecule has 0 rings (SSSR count). The van der Waals surface area contributed by atoms with Crippen LogP contribution >= 0.6 is 0 Å². The van der Waals surface area contributed by atoms with E-state index in [1.165, 1.54) is 19.6 Å². The van der Waals surface area contributed by atoms with Crippen LogP contribution in [0.1, 0.15) is 20.8 Å². The molecule has 0 unspecified atom stereocenters. The molecule has 2 heteroatoms. The zero-order valence-electron chi connectivity index (χ0n) is 5.87. The molecule has 0 aromatic carbocycles. The summed E-state index contributed by atoms with van der Waals surface area (Å²) in [6.07, 6.45) is 0. The van der Waals surface area contributed by atoms with Crippen LogP contribution in [0, 0.1) is 0 Å². The molecular weight excluding hydrogens is 150 g/mol. The molecule has 0 aliphatic heterocycles. The normalized spacial score (nSPS) is 9.00. The Hall–Kier alpha value is 0.479. The second kappa shape index (κ2) is 7.48. The van der Waals surface area contributed by atoms with Gasteiger partial charge in [-0.3, -0.25) is 0 Å². The standard InChI is InChI=1S/C6H15N.Cu/c1-4-7(5-2)6-3;/h4-6H2,1-3H3;/q;+2. The zero-order chi connectivity index (χ0) is 5.70. The van der Waals surface area contributed by atoms with Gasteiger partial charge in [0, 0.05) is 0 Å². The topological polar surface area (TPSA) is 3.24 Å². The van der Waals surface area contributed by atoms with Crippen molar-refractivity contribution < 1.29 is 17.1 Å². The molecule has 53 valence electrons. The van der Waals surface area contributed by atoms with Crippen molar-refractivity contribution in [3.05, 3.63) is 0 Å². The van der Waals surface area contributed by atoms with Crippen molar-refractivity contribution in [3.8, 4) is 0 Å². The largest absolute Gasteiger partial charge is 2.00 e. The first kappa shape index (κ1) is 11.3. The fourth-order valence-corrected chi connectivity index (χ4v) is 0.671. The predicted molar refractivity (Wildman–Crippen MR) is 33.5 cm³/mol. The molecule has 0 N–H and O–H groups in total. The van der Waals surface area contributed by atoms with Crippen molar-refractivity contribution in [3.63, 3.8) is 0 Å². The summed E-state index contributed by atoms with van der Waals surface area (Å²) in [5.74, 6) is 0. The summed E-state index contributed by atoms with van der Waals surface area (Å²) in [7, 11) is 0. The van der Waals surface area contributed by atoms with Gasteiger partial charge in [0.25, 0.3) is 0 Å². The molecule has 0 spiro atoms. The van der Waals surface area contributed by atoms with Gasteiger partial charge < -0.3 is 4.90 Å². The number of hydrogen-bond donors (Lipinski definition) is 0. The number of rotatable bonds is 3. The van der Waals surface area contributed by atoms with Crippen LogP contribution in [0.5, 0.6) is 0 Å². The molecule has 8 heavy (non-hydrogen) atoms. The Morgan fingerprint density at radius 2 is 1.12 bits per heavy atom. The summed E-state index contributed by atoms with van der Waals surface area (Å²) < 4.78 is 0. The van der Waals surface area contributed by atoms with Crippen LogP contribution in [0.25, 0.3) is 0 Å². The molecule has 0 atom stereocenters. The summed E-state index contributed by atoms with van der Waals surface area (Å²) in [5.41, 5.74) is 0. The Morgan fingerprint density at radius 3 is 1.12 bits per heavy atom. The van der Waals surface area contributed by atoms with Gasteiger partial charge in [-0.1, -0.05) is 20.8 Å². The first-order chi connectivity index (χ1) is 3.35. The van der Waals surface area contributed by atoms with Crippen molar-refractivity contribution in [1.82, 2.24) is 4.90 Å². The monoisotopic (exact) mass is 164 g/mol. The van der Waals surface area contributed by atoms with E-state index in [-0.39, 0.29) is 17.1 Å². The fraction of sp³-hybridized carbons (Fsp3) is 1.00. The first-order valence-electron chi connectivity index (χ1n) is 3.07. The van der Waals surface area contributed by atoms with Crippen molar-refractivity contribution >= 4 is 0 Å². The molecule has 0 aliphatic rings. The molecule has 0 saturated carbocycles. The van der Waals surface area contributed by atoms with E-state index < -0.39 is 0 Å². The van der Waals surface area contributed by atoms with Crippen LogP contribution in [0.3, 0.4) is 0 Å². The van der Waals surface area contributed by atoms with Crippen LogP contribution in [0.4, 0.5) is 0 Å². The van der Waals surface area contributed by atoms with E-state index in [9.17, 15) is 0 Å². The number of nitrogens with zero attached hydrogens (tertiary/aromatic N) is 1. The van der Waals surface area contributed by atoms with Gasteiger partial charge in [0.1, 0.15) is 0 Å². The number of hydrogen-bond acceptors (Lipinski definition) is 1. The second-order valence-corrected chi connectivity index (χ2v) is 1.62. The van der Waals surface area contributed by atoms with Crippen LogP contribution in [-0.4, -0.2) is 24.5 Å². The van der Waals surface area contributed by atoms with Gasteiger partial charge in [0.2, 0.25) is 0 Å². The maximum atomic E-state index is 2.38. The maximum Gasteiger partial charge on any atom is 2.00 e. The molecule has 1 nitrogen and oxygen atoms in total. The molecule has 0 saturated heterocycles. The van der Waals surface area contributed by atoms with Crippen LogP contribution < -0.4 is 0 Å². The van der Waals surface area contributed by atoms with Crippen LogP contribution in [-0.2, 0) is 17.1 Å². The minimum absolute atomic E-state index is 0. The van der Waals surface area contributed by atoms with E-state index in [1.54, 1.807) is 0 Å². The molecule has 0 aromatic rings. The Kier molecular flexibility index (Phi) is 10.6. The molecule has 0 aliphatic carbocycles. The van der Waals surface area contributed by atoms with Gasteiger partial charge in [-0.15, -0.1) is 0 Å². The summed E-state index contributed by atoms with van der Waals surface area (Å²) in [6.45, 7) is 10.1. The van der Waals surface area contributed by atoms with E-state index in [0.717, 1.165) is 0 Å². The van der Waals surface area contributed by atoms with E-state index in [2.05, 4.69) is 25.7 Å². The van der Waals surface area contributed by atoms with Crippen molar-refractivity contribution in [2.75, 3.05) is 19.6 Å².